The molecule has 0 spiro atoms. The summed E-state index contributed by atoms with van der Waals surface area (Å²) in [5, 5.41) is 2.97. The van der Waals surface area contributed by atoms with Crippen LogP contribution in [0.2, 0.25) is 0 Å². The third-order valence-electron chi connectivity index (χ3n) is 4.07. The average molecular weight is 344 g/mol. The van der Waals surface area contributed by atoms with Crippen molar-refractivity contribution in [2.45, 2.75) is 31.8 Å². The lowest BCUT2D eigenvalue weighted by Crippen LogP contribution is -2.48. The summed E-state index contributed by atoms with van der Waals surface area (Å²) in [5.41, 5.74) is 0. The van der Waals surface area contributed by atoms with E-state index in [2.05, 4.69) is 15.3 Å². The number of carbonyl (C=O) groups excluding carboxylic acids is 1. The van der Waals surface area contributed by atoms with Gasteiger partial charge in [-0.1, -0.05) is 0 Å². The van der Waals surface area contributed by atoms with E-state index in [-0.39, 0.29) is 23.8 Å². The Morgan fingerprint density at radius 3 is 2.80 bits per heavy atom. The molecular formula is C18H21FN4O2. The van der Waals surface area contributed by atoms with Crippen molar-refractivity contribution in [3.8, 4) is 5.75 Å². The van der Waals surface area contributed by atoms with Crippen LogP contribution in [0.1, 0.15) is 19.8 Å². The van der Waals surface area contributed by atoms with Crippen LogP contribution >= 0.6 is 0 Å². The van der Waals surface area contributed by atoms with Crippen molar-refractivity contribution in [1.29, 1.82) is 0 Å². The summed E-state index contributed by atoms with van der Waals surface area (Å²) in [6, 6.07) is 7.13. The van der Waals surface area contributed by atoms with Crippen LogP contribution in [0, 0.1) is 5.82 Å². The second-order valence-electron chi connectivity index (χ2n) is 6.07. The summed E-state index contributed by atoms with van der Waals surface area (Å²) in [6.45, 7) is 2.95. The average Bonchev–Trinajstić information content (AvgIpc) is 3.12. The lowest BCUT2D eigenvalue weighted by atomic mass is 10.2. The van der Waals surface area contributed by atoms with Gasteiger partial charge in [-0.2, -0.15) is 0 Å². The predicted octanol–water partition coefficient (Wildman–Crippen LogP) is 2.17. The van der Waals surface area contributed by atoms with Gasteiger partial charge in [0.25, 0.3) is 0 Å². The van der Waals surface area contributed by atoms with Crippen LogP contribution in [0.15, 0.2) is 42.7 Å². The zero-order valence-corrected chi connectivity index (χ0v) is 14.1. The molecule has 1 aromatic heterocycles. The monoisotopic (exact) mass is 344 g/mol. The first-order chi connectivity index (χ1) is 12.1. The third-order valence-corrected chi connectivity index (χ3v) is 4.07. The van der Waals surface area contributed by atoms with E-state index in [4.69, 9.17) is 4.74 Å². The largest absolute Gasteiger partial charge is 0.491 e. The van der Waals surface area contributed by atoms with Gasteiger partial charge in [-0.25, -0.2) is 14.4 Å². The first kappa shape index (κ1) is 17.1. The van der Waals surface area contributed by atoms with Crippen LogP contribution in [0.25, 0.3) is 0 Å². The SMILES string of the molecule is C[C@@H](COc1ccc(F)cc1)NC(=O)[C@@H]1CCCN1c1ncccn1. The van der Waals surface area contributed by atoms with Gasteiger partial charge >= 0.3 is 0 Å². The lowest BCUT2D eigenvalue weighted by molar-refractivity contribution is -0.123. The molecule has 7 heteroatoms. The maximum Gasteiger partial charge on any atom is 0.243 e. The van der Waals surface area contributed by atoms with Gasteiger partial charge in [-0.05, 0) is 50.1 Å². The summed E-state index contributed by atoms with van der Waals surface area (Å²) >= 11 is 0. The third kappa shape index (κ3) is 4.43. The molecule has 1 saturated heterocycles. The molecule has 1 aromatic carbocycles. The highest BCUT2D eigenvalue weighted by molar-refractivity contribution is 5.85. The van der Waals surface area contributed by atoms with Crippen molar-refractivity contribution in [1.82, 2.24) is 15.3 Å². The Hall–Kier alpha value is -2.70. The minimum Gasteiger partial charge on any atom is -0.491 e. The summed E-state index contributed by atoms with van der Waals surface area (Å²) in [7, 11) is 0. The molecule has 0 aliphatic carbocycles. The molecule has 0 bridgehead atoms. The standard InChI is InChI=1S/C18H21FN4O2/c1-13(12-25-15-7-5-14(19)6-8-15)22-17(24)16-4-2-11-23(16)18-20-9-3-10-21-18/h3,5-10,13,16H,2,4,11-12H2,1H3,(H,22,24)/t13-,16-/m0/s1. The van der Waals surface area contributed by atoms with Crippen molar-refractivity contribution < 1.29 is 13.9 Å². The second-order valence-corrected chi connectivity index (χ2v) is 6.07. The summed E-state index contributed by atoms with van der Waals surface area (Å²) < 4.78 is 18.5. The molecule has 0 unspecified atom stereocenters. The number of hydrogen-bond acceptors (Lipinski definition) is 5. The Kier molecular flexibility index (Phi) is 5.42. The Balaban J connectivity index is 1.53. The zero-order chi connectivity index (χ0) is 17.6. The van der Waals surface area contributed by atoms with E-state index in [0.29, 0.717) is 18.3 Å². The van der Waals surface area contributed by atoms with Gasteiger partial charge in [0.15, 0.2) is 0 Å². The molecule has 1 aliphatic rings. The molecule has 2 heterocycles. The van der Waals surface area contributed by atoms with Crippen LogP contribution in [-0.4, -0.2) is 41.1 Å². The molecule has 1 aliphatic heterocycles. The molecule has 6 nitrogen and oxygen atoms in total. The van der Waals surface area contributed by atoms with Crippen molar-refractivity contribution >= 4 is 11.9 Å². The van der Waals surface area contributed by atoms with E-state index in [9.17, 15) is 9.18 Å². The zero-order valence-electron chi connectivity index (χ0n) is 14.1. The highest BCUT2D eigenvalue weighted by Crippen LogP contribution is 2.22. The van der Waals surface area contributed by atoms with Gasteiger partial charge in [0.05, 0.1) is 6.04 Å². The number of ether oxygens (including phenoxy) is 1. The minimum atomic E-state index is -0.307. The van der Waals surface area contributed by atoms with Gasteiger partial charge in [0, 0.05) is 18.9 Å². The fourth-order valence-corrected chi connectivity index (χ4v) is 2.85. The van der Waals surface area contributed by atoms with Crippen LogP contribution in [0.4, 0.5) is 10.3 Å². The number of anilines is 1. The van der Waals surface area contributed by atoms with E-state index in [1.54, 1.807) is 30.6 Å². The molecular weight excluding hydrogens is 323 g/mol. The number of hydrogen-bond donors (Lipinski definition) is 1. The van der Waals surface area contributed by atoms with Crippen molar-refractivity contribution in [2.75, 3.05) is 18.1 Å². The number of nitrogens with zero attached hydrogens (tertiary/aromatic N) is 3. The Labute approximate surface area is 146 Å². The maximum atomic E-state index is 12.9. The first-order valence-corrected chi connectivity index (χ1v) is 8.36. The number of rotatable bonds is 6. The number of carbonyl (C=O) groups is 1. The molecule has 3 rings (SSSR count). The molecule has 1 amide bonds. The molecule has 1 fully saturated rings. The van der Waals surface area contributed by atoms with Crippen LogP contribution in [-0.2, 0) is 4.79 Å². The van der Waals surface area contributed by atoms with Gasteiger partial charge in [-0.3, -0.25) is 4.79 Å². The number of nitrogens with one attached hydrogen (secondary N) is 1. The Morgan fingerprint density at radius 1 is 1.36 bits per heavy atom. The van der Waals surface area contributed by atoms with Crippen LogP contribution < -0.4 is 15.0 Å². The van der Waals surface area contributed by atoms with E-state index >= 15 is 0 Å². The first-order valence-electron chi connectivity index (χ1n) is 8.36. The molecule has 2 atom stereocenters. The molecule has 132 valence electrons. The maximum absolute atomic E-state index is 12.9. The number of benzene rings is 1. The van der Waals surface area contributed by atoms with Gasteiger partial charge in [-0.15, -0.1) is 0 Å². The second kappa shape index (κ2) is 7.92. The molecule has 1 N–H and O–H groups in total. The predicted molar refractivity (Wildman–Crippen MR) is 91.9 cm³/mol. The molecule has 2 aromatic rings. The Bertz CT molecular complexity index is 696. The topological polar surface area (TPSA) is 67.3 Å². The smallest absolute Gasteiger partial charge is 0.243 e. The molecule has 25 heavy (non-hydrogen) atoms. The number of amides is 1. The van der Waals surface area contributed by atoms with E-state index in [1.807, 2.05) is 11.8 Å². The summed E-state index contributed by atoms with van der Waals surface area (Å²) in [6.07, 6.45) is 5.05. The van der Waals surface area contributed by atoms with Crippen LogP contribution in [0.3, 0.4) is 0 Å². The summed E-state index contributed by atoms with van der Waals surface area (Å²) in [5.74, 6) is 0.788. The van der Waals surface area contributed by atoms with Crippen LogP contribution in [0.5, 0.6) is 5.75 Å². The number of aromatic nitrogens is 2. The van der Waals surface area contributed by atoms with Crippen molar-refractivity contribution in [2.24, 2.45) is 0 Å². The Morgan fingerprint density at radius 2 is 2.08 bits per heavy atom. The highest BCUT2D eigenvalue weighted by Gasteiger charge is 2.32. The van der Waals surface area contributed by atoms with E-state index < -0.39 is 0 Å². The quantitative estimate of drug-likeness (QED) is 0.870. The molecule has 0 radical (unpaired) electrons. The fourth-order valence-electron chi connectivity index (χ4n) is 2.85. The highest BCUT2D eigenvalue weighted by atomic mass is 19.1. The van der Waals surface area contributed by atoms with Crippen molar-refractivity contribution in [3.63, 3.8) is 0 Å². The summed E-state index contributed by atoms with van der Waals surface area (Å²) in [4.78, 5) is 23.0. The molecule has 0 saturated carbocycles. The number of halogens is 1. The van der Waals surface area contributed by atoms with E-state index in [0.717, 1.165) is 19.4 Å². The van der Waals surface area contributed by atoms with Gasteiger partial charge in [0.2, 0.25) is 11.9 Å². The normalized spacial score (nSPS) is 18.0. The minimum absolute atomic E-state index is 0.0554. The van der Waals surface area contributed by atoms with Gasteiger partial charge < -0.3 is 15.0 Å². The van der Waals surface area contributed by atoms with Gasteiger partial charge in [0.1, 0.15) is 24.2 Å². The lowest BCUT2D eigenvalue weighted by Gasteiger charge is -2.25. The van der Waals surface area contributed by atoms with Crippen molar-refractivity contribution in [3.05, 3.63) is 48.5 Å². The fraction of sp³-hybridized carbons (Fsp3) is 0.389. The van der Waals surface area contributed by atoms with E-state index in [1.165, 1.54) is 12.1 Å².